The number of aliphatic hydroxyl groups excluding tert-OH is 1. The van der Waals surface area contributed by atoms with Gasteiger partial charge in [0.2, 0.25) is 0 Å². The fraction of sp³-hybridized carbons (Fsp3) is 0.125. The van der Waals surface area contributed by atoms with Crippen LogP contribution in [-0.2, 0) is 0 Å². The Bertz CT molecular complexity index is 653. The van der Waals surface area contributed by atoms with Crippen molar-refractivity contribution >= 4 is 22.7 Å². The summed E-state index contributed by atoms with van der Waals surface area (Å²) in [5.74, 6) is 0.926. The van der Waals surface area contributed by atoms with E-state index in [1.165, 1.54) is 4.88 Å². The van der Waals surface area contributed by atoms with Crippen molar-refractivity contribution in [3.8, 4) is 5.75 Å². The SMILES string of the molecule is C=C(O)c1ccc2c(c1)C(c1cccs1)=CC(C)O2. The summed E-state index contributed by atoms with van der Waals surface area (Å²) >= 11 is 1.70. The number of thiophene rings is 1. The molecular formula is C16H14O2S. The zero-order chi connectivity index (χ0) is 13.4. The lowest BCUT2D eigenvalue weighted by Gasteiger charge is -2.23. The minimum absolute atomic E-state index is 0.0489. The molecule has 1 aromatic carbocycles. The molecule has 0 spiro atoms. The van der Waals surface area contributed by atoms with Crippen molar-refractivity contribution in [1.29, 1.82) is 0 Å². The van der Waals surface area contributed by atoms with Crippen LogP contribution in [0.4, 0.5) is 0 Å². The molecule has 0 saturated carbocycles. The largest absolute Gasteiger partial charge is 0.508 e. The van der Waals surface area contributed by atoms with Gasteiger partial charge >= 0.3 is 0 Å². The third-order valence-electron chi connectivity index (χ3n) is 3.10. The zero-order valence-electron chi connectivity index (χ0n) is 10.6. The van der Waals surface area contributed by atoms with Crippen molar-refractivity contribution in [1.82, 2.24) is 0 Å². The quantitative estimate of drug-likeness (QED) is 0.815. The lowest BCUT2D eigenvalue weighted by molar-refractivity contribution is 0.265. The summed E-state index contributed by atoms with van der Waals surface area (Å²) in [4.78, 5) is 1.21. The predicted molar refractivity (Wildman–Crippen MR) is 79.6 cm³/mol. The average Bonchev–Trinajstić information content (AvgIpc) is 2.90. The van der Waals surface area contributed by atoms with E-state index in [9.17, 15) is 5.11 Å². The van der Waals surface area contributed by atoms with Crippen molar-refractivity contribution < 1.29 is 9.84 Å². The van der Waals surface area contributed by atoms with Crippen molar-refractivity contribution in [2.24, 2.45) is 0 Å². The average molecular weight is 270 g/mol. The Balaban J connectivity index is 2.16. The molecule has 96 valence electrons. The van der Waals surface area contributed by atoms with Crippen LogP contribution in [0.15, 0.2) is 48.4 Å². The van der Waals surface area contributed by atoms with Gasteiger partial charge in [0.25, 0.3) is 0 Å². The van der Waals surface area contributed by atoms with Gasteiger partial charge in [0, 0.05) is 21.6 Å². The van der Waals surface area contributed by atoms with Gasteiger partial charge in [-0.1, -0.05) is 12.6 Å². The van der Waals surface area contributed by atoms with E-state index in [1.807, 2.05) is 31.2 Å². The first kappa shape index (κ1) is 12.1. The number of ether oxygens (including phenoxy) is 1. The Morgan fingerprint density at radius 2 is 2.21 bits per heavy atom. The first-order valence-corrected chi connectivity index (χ1v) is 6.98. The molecule has 1 N–H and O–H groups in total. The molecule has 0 fully saturated rings. The molecule has 1 aliphatic rings. The Morgan fingerprint density at radius 1 is 1.37 bits per heavy atom. The van der Waals surface area contributed by atoms with E-state index in [4.69, 9.17) is 4.74 Å². The third kappa shape index (κ3) is 2.17. The fourth-order valence-corrected chi connectivity index (χ4v) is 2.99. The van der Waals surface area contributed by atoms with Crippen LogP contribution >= 0.6 is 11.3 Å². The number of fused-ring (bicyclic) bond motifs is 1. The molecule has 1 atom stereocenters. The highest BCUT2D eigenvalue weighted by Gasteiger charge is 2.20. The molecule has 2 heterocycles. The minimum atomic E-state index is 0.0489. The normalized spacial score (nSPS) is 17.3. The van der Waals surface area contributed by atoms with Gasteiger partial charge in [-0.15, -0.1) is 11.3 Å². The summed E-state index contributed by atoms with van der Waals surface area (Å²) in [7, 11) is 0. The first-order valence-electron chi connectivity index (χ1n) is 6.10. The summed E-state index contributed by atoms with van der Waals surface area (Å²) in [6.45, 7) is 5.60. The van der Waals surface area contributed by atoms with Gasteiger partial charge < -0.3 is 9.84 Å². The monoisotopic (exact) mass is 270 g/mol. The lowest BCUT2D eigenvalue weighted by atomic mass is 9.96. The molecule has 3 heteroatoms. The van der Waals surface area contributed by atoms with Crippen molar-refractivity contribution in [2.75, 3.05) is 0 Å². The number of hydrogen-bond acceptors (Lipinski definition) is 3. The highest BCUT2D eigenvalue weighted by atomic mass is 32.1. The van der Waals surface area contributed by atoms with E-state index in [1.54, 1.807) is 11.3 Å². The zero-order valence-corrected chi connectivity index (χ0v) is 11.4. The molecule has 1 unspecified atom stereocenters. The predicted octanol–water partition coefficient (Wildman–Crippen LogP) is 4.49. The van der Waals surface area contributed by atoms with Crippen LogP contribution in [-0.4, -0.2) is 11.2 Å². The van der Waals surface area contributed by atoms with Gasteiger partial charge in [-0.25, -0.2) is 0 Å². The number of hydrogen-bond donors (Lipinski definition) is 1. The fourth-order valence-electron chi connectivity index (χ4n) is 2.23. The molecule has 0 saturated heterocycles. The van der Waals surface area contributed by atoms with E-state index in [0.717, 1.165) is 22.4 Å². The molecule has 0 aliphatic carbocycles. The third-order valence-corrected chi connectivity index (χ3v) is 4.01. The Hall–Kier alpha value is -2.00. The molecule has 0 bridgehead atoms. The van der Waals surface area contributed by atoms with Crippen LogP contribution in [0.1, 0.15) is 22.9 Å². The summed E-state index contributed by atoms with van der Waals surface area (Å²) < 4.78 is 5.81. The summed E-state index contributed by atoms with van der Waals surface area (Å²) in [6.07, 6.45) is 2.16. The second kappa shape index (κ2) is 4.59. The molecule has 1 aliphatic heterocycles. The molecule has 2 nitrogen and oxygen atoms in total. The van der Waals surface area contributed by atoms with Crippen LogP contribution < -0.4 is 4.74 Å². The van der Waals surface area contributed by atoms with E-state index in [-0.39, 0.29) is 11.9 Å². The van der Waals surface area contributed by atoms with Crippen LogP contribution in [0.3, 0.4) is 0 Å². The van der Waals surface area contributed by atoms with Crippen LogP contribution in [0, 0.1) is 0 Å². The summed E-state index contributed by atoms with van der Waals surface area (Å²) in [6, 6.07) is 9.78. The van der Waals surface area contributed by atoms with Gasteiger partial charge in [-0.05, 0) is 42.6 Å². The summed E-state index contributed by atoms with van der Waals surface area (Å²) in [5.41, 5.74) is 2.89. The Kier molecular flexibility index (Phi) is 2.91. The van der Waals surface area contributed by atoms with E-state index in [0.29, 0.717) is 0 Å². The number of aliphatic hydroxyl groups is 1. The molecule has 19 heavy (non-hydrogen) atoms. The van der Waals surface area contributed by atoms with Gasteiger partial charge in [0.15, 0.2) is 0 Å². The van der Waals surface area contributed by atoms with Gasteiger partial charge in [0.05, 0.1) is 0 Å². The first-order chi connectivity index (χ1) is 9.15. The highest BCUT2D eigenvalue weighted by molar-refractivity contribution is 7.11. The van der Waals surface area contributed by atoms with Crippen molar-refractivity contribution in [3.63, 3.8) is 0 Å². The molecule has 0 radical (unpaired) electrons. The Morgan fingerprint density at radius 3 is 2.89 bits per heavy atom. The van der Waals surface area contributed by atoms with Crippen LogP contribution in [0.5, 0.6) is 5.75 Å². The van der Waals surface area contributed by atoms with Crippen LogP contribution in [0.25, 0.3) is 11.3 Å². The topological polar surface area (TPSA) is 29.5 Å². The van der Waals surface area contributed by atoms with Gasteiger partial charge in [0.1, 0.15) is 17.6 Å². The van der Waals surface area contributed by atoms with Crippen LogP contribution in [0.2, 0.25) is 0 Å². The van der Waals surface area contributed by atoms with Gasteiger partial charge in [-0.3, -0.25) is 0 Å². The van der Waals surface area contributed by atoms with E-state index < -0.39 is 0 Å². The lowest BCUT2D eigenvalue weighted by Crippen LogP contribution is -2.15. The molecule has 0 amide bonds. The van der Waals surface area contributed by atoms with Gasteiger partial charge in [-0.2, -0.15) is 0 Å². The highest BCUT2D eigenvalue weighted by Crippen LogP contribution is 2.38. The van der Waals surface area contributed by atoms with Crippen molar-refractivity contribution in [2.45, 2.75) is 13.0 Å². The molecule has 2 aromatic rings. The molecule has 1 aromatic heterocycles. The maximum atomic E-state index is 9.54. The maximum absolute atomic E-state index is 9.54. The molecule has 3 rings (SSSR count). The molecular weight excluding hydrogens is 256 g/mol. The Labute approximate surface area is 116 Å². The standard InChI is InChI=1S/C16H14O2S/c1-10-8-14(16-4-3-7-19-16)13-9-12(11(2)17)5-6-15(13)18-10/h3-10,17H,2H2,1H3. The van der Waals surface area contributed by atoms with E-state index >= 15 is 0 Å². The summed E-state index contributed by atoms with van der Waals surface area (Å²) in [5, 5.41) is 11.6. The number of benzene rings is 1. The minimum Gasteiger partial charge on any atom is -0.508 e. The van der Waals surface area contributed by atoms with E-state index in [2.05, 4.69) is 24.1 Å². The second-order valence-electron chi connectivity index (χ2n) is 4.54. The van der Waals surface area contributed by atoms with Crippen molar-refractivity contribution in [3.05, 3.63) is 64.4 Å². The number of rotatable bonds is 2. The smallest absolute Gasteiger partial charge is 0.128 e. The second-order valence-corrected chi connectivity index (χ2v) is 5.49. The maximum Gasteiger partial charge on any atom is 0.128 e.